The second kappa shape index (κ2) is 5.09. The van der Waals surface area contributed by atoms with Crippen LogP contribution in [0.2, 0.25) is 0 Å². The van der Waals surface area contributed by atoms with E-state index in [-0.39, 0.29) is 22.4 Å². The van der Waals surface area contributed by atoms with E-state index in [1.54, 1.807) is 23.3 Å². The summed E-state index contributed by atoms with van der Waals surface area (Å²) in [5.74, 6) is -0.559. The number of hydrogen-bond donors (Lipinski definition) is 1. The summed E-state index contributed by atoms with van der Waals surface area (Å²) in [4.78, 5) is 17.9. The predicted octanol–water partition coefficient (Wildman–Crippen LogP) is 3.51. The molecular formula is C16H23NO3. The minimum atomic E-state index is -0.508. The summed E-state index contributed by atoms with van der Waals surface area (Å²) < 4.78 is 0. The number of hydrogen-bond acceptors (Lipinski definition) is 4. The van der Waals surface area contributed by atoms with E-state index >= 15 is 0 Å². The van der Waals surface area contributed by atoms with Crippen molar-refractivity contribution in [3.05, 3.63) is 29.8 Å². The van der Waals surface area contributed by atoms with Gasteiger partial charge in [0.1, 0.15) is 11.3 Å². The molecule has 0 radical (unpaired) electrons. The van der Waals surface area contributed by atoms with Gasteiger partial charge in [0, 0.05) is 0 Å². The zero-order valence-electron chi connectivity index (χ0n) is 12.6. The van der Waals surface area contributed by atoms with Crippen LogP contribution < -0.4 is 0 Å². The maximum absolute atomic E-state index is 12.3. The first-order valence-electron chi connectivity index (χ1n) is 7.05. The van der Waals surface area contributed by atoms with Crippen LogP contribution in [-0.4, -0.2) is 27.2 Å². The van der Waals surface area contributed by atoms with E-state index in [1.165, 1.54) is 6.07 Å². The average Bonchev–Trinajstić information content (AvgIpc) is 2.34. The third kappa shape index (κ3) is 2.80. The molecule has 1 N–H and O–H groups in total. The Morgan fingerprint density at radius 1 is 1.15 bits per heavy atom. The van der Waals surface area contributed by atoms with Crippen molar-refractivity contribution < 1.29 is 14.7 Å². The molecule has 1 aliphatic heterocycles. The molecule has 0 aliphatic carbocycles. The Bertz CT molecular complexity index is 492. The standard InChI is InChI=1S/C16H23NO3/c1-15(2)10-7-11-16(3,4)17(15)20-14(19)12-8-5-6-9-13(12)18/h5-6,8-9,18H,7,10-11H2,1-4H3. The fourth-order valence-corrected chi connectivity index (χ4v) is 3.00. The smallest absolute Gasteiger partial charge is 0.360 e. The molecule has 0 amide bonds. The van der Waals surface area contributed by atoms with Gasteiger partial charge in [-0.2, -0.15) is 0 Å². The fourth-order valence-electron chi connectivity index (χ4n) is 3.00. The molecule has 0 unspecified atom stereocenters. The van der Waals surface area contributed by atoms with Gasteiger partial charge in [0.05, 0.1) is 11.1 Å². The number of para-hydroxylation sites is 1. The summed E-state index contributed by atoms with van der Waals surface area (Å²) in [7, 11) is 0. The molecule has 1 heterocycles. The van der Waals surface area contributed by atoms with Crippen molar-refractivity contribution >= 4 is 5.97 Å². The van der Waals surface area contributed by atoms with Crippen LogP contribution in [0.5, 0.6) is 5.75 Å². The highest BCUT2D eigenvalue weighted by Gasteiger charge is 2.44. The molecule has 0 atom stereocenters. The van der Waals surface area contributed by atoms with Crippen LogP contribution >= 0.6 is 0 Å². The van der Waals surface area contributed by atoms with Gasteiger partial charge in [-0.05, 0) is 59.1 Å². The minimum Gasteiger partial charge on any atom is -0.507 e. The molecule has 4 nitrogen and oxygen atoms in total. The number of nitrogens with zero attached hydrogens (tertiary/aromatic N) is 1. The Hall–Kier alpha value is -1.55. The number of carbonyl (C=O) groups is 1. The maximum atomic E-state index is 12.3. The highest BCUT2D eigenvalue weighted by Crippen LogP contribution is 2.38. The highest BCUT2D eigenvalue weighted by molar-refractivity contribution is 5.92. The molecular weight excluding hydrogens is 254 g/mol. The van der Waals surface area contributed by atoms with Crippen molar-refractivity contribution in [3.63, 3.8) is 0 Å². The zero-order chi connectivity index (χ0) is 15.0. The summed E-state index contributed by atoms with van der Waals surface area (Å²) in [6, 6.07) is 6.45. The normalized spacial score (nSPS) is 21.4. The molecule has 4 heteroatoms. The van der Waals surface area contributed by atoms with Gasteiger partial charge < -0.3 is 9.94 Å². The Morgan fingerprint density at radius 2 is 1.70 bits per heavy atom. The van der Waals surface area contributed by atoms with Gasteiger partial charge in [-0.3, -0.25) is 0 Å². The topological polar surface area (TPSA) is 49.8 Å². The van der Waals surface area contributed by atoms with Crippen LogP contribution in [0.25, 0.3) is 0 Å². The van der Waals surface area contributed by atoms with Crippen LogP contribution in [-0.2, 0) is 4.84 Å². The number of phenols is 1. The van der Waals surface area contributed by atoms with Crippen LogP contribution in [0.4, 0.5) is 0 Å². The van der Waals surface area contributed by atoms with Crippen molar-refractivity contribution in [2.75, 3.05) is 0 Å². The number of piperidine rings is 1. The molecule has 1 aliphatic rings. The molecule has 0 spiro atoms. The summed E-state index contributed by atoms with van der Waals surface area (Å²) in [6.45, 7) is 8.30. The Labute approximate surface area is 120 Å². The van der Waals surface area contributed by atoms with Gasteiger partial charge >= 0.3 is 5.97 Å². The first-order chi connectivity index (χ1) is 9.24. The van der Waals surface area contributed by atoms with Gasteiger partial charge in [0.15, 0.2) is 0 Å². The number of carbonyl (C=O) groups excluding carboxylic acids is 1. The van der Waals surface area contributed by atoms with Gasteiger partial charge in [-0.1, -0.05) is 12.1 Å². The third-order valence-corrected chi connectivity index (χ3v) is 3.97. The summed E-state index contributed by atoms with van der Waals surface area (Å²) >= 11 is 0. The van der Waals surface area contributed by atoms with Crippen LogP contribution in [0.1, 0.15) is 57.3 Å². The van der Waals surface area contributed by atoms with Crippen LogP contribution in [0.15, 0.2) is 24.3 Å². The lowest BCUT2D eigenvalue weighted by molar-refractivity contribution is -0.240. The maximum Gasteiger partial charge on any atom is 0.360 e. The van der Waals surface area contributed by atoms with E-state index in [9.17, 15) is 9.90 Å². The fraction of sp³-hybridized carbons (Fsp3) is 0.562. The number of aromatic hydroxyl groups is 1. The lowest BCUT2D eigenvalue weighted by Gasteiger charge is -2.50. The molecule has 0 bridgehead atoms. The van der Waals surface area contributed by atoms with Crippen molar-refractivity contribution in [1.82, 2.24) is 5.06 Å². The molecule has 0 aromatic heterocycles. The minimum absolute atomic E-state index is 0.0508. The van der Waals surface area contributed by atoms with Gasteiger partial charge in [0.25, 0.3) is 0 Å². The molecule has 1 fully saturated rings. The lowest BCUT2D eigenvalue weighted by atomic mass is 9.82. The lowest BCUT2D eigenvalue weighted by Crippen LogP contribution is -2.58. The largest absolute Gasteiger partial charge is 0.507 e. The van der Waals surface area contributed by atoms with E-state index in [1.807, 2.05) is 0 Å². The highest BCUT2D eigenvalue weighted by atomic mass is 16.7. The predicted molar refractivity (Wildman–Crippen MR) is 77.4 cm³/mol. The molecule has 20 heavy (non-hydrogen) atoms. The summed E-state index contributed by atoms with van der Waals surface area (Å²) in [6.07, 6.45) is 3.07. The van der Waals surface area contributed by atoms with E-state index in [0.717, 1.165) is 19.3 Å². The third-order valence-electron chi connectivity index (χ3n) is 3.97. The van der Waals surface area contributed by atoms with Gasteiger partial charge in [0.2, 0.25) is 0 Å². The van der Waals surface area contributed by atoms with E-state index in [4.69, 9.17) is 4.84 Å². The number of hydroxylamine groups is 2. The Morgan fingerprint density at radius 3 is 2.25 bits per heavy atom. The van der Waals surface area contributed by atoms with Crippen LogP contribution in [0.3, 0.4) is 0 Å². The molecule has 2 rings (SSSR count). The van der Waals surface area contributed by atoms with Crippen LogP contribution in [0, 0.1) is 0 Å². The Balaban J connectivity index is 2.23. The second-order valence-corrected chi connectivity index (χ2v) is 6.67. The van der Waals surface area contributed by atoms with Crippen molar-refractivity contribution in [2.45, 2.75) is 58.0 Å². The molecule has 110 valence electrons. The van der Waals surface area contributed by atoms with E-state index < -0.39 is 5.97 Å². The number of rotatable bonds is 2. The van der Waals surface area contributed by atoms with E-state index in [0.29, 0.717) is 0 Å². The van der Waals surface area contributed by atoms with E-state index in [2.05, 4.69) is 27.7 Å². The average molecular weight is 277 g/mol. The summed E-state index contributed by atoms with van der Waals surface area (Å²) in [5.41, 5.74) is -0.214. The Kier molecular flexibility index (Phi) is 3.78. The zero-order valence-corrected chi connectivity index (χ0v) is 12.6. The van der Waals surface area contributed by atoms with Crippen molar-refractivity contribution in [1.29, 1.82) is 0 Å². The SMILES string of the molecule is CC1(C)CCCC(C)(C)N1OC(=O)c1ccccc1O. The van der Waals surface area contributed by atoms with Crippen molar-refractivity contribution in [3.8, 4) is 5.75 Å². The van der Waals surface area contributed by atoms with Gasteiger partial charge in [-0.25, -0.2) is 4.79 Å². The number of phenolic OH excluding ortho intramolecular Hbond substituents is 1. The molecule has 1 aromatic rings. The van der Waals surface area contributed by atoms with Crippen molar-refractivity contribution in [2.24, 2.45) is 0 Å². The van der Waals surface area contributed by atoms with Gasteiger partial charge in [-0.15, -0.1) is 5.06 Å². The molecule has 1 aromatic carbocycles. The molecule has 1 saturated heterocycles. The second-order valence-electron chi connectivity index (χ2n) is 6.67. The quantitative estimate of drug-likeness (QED) is 0.898. The number of benzene rings is 1. The summed E-state index contributed by atoms with van der Waals surface area (Å²) in [5, 5.41) is 11.5. The molecule has 0 saturated carbocycles. The first kappa shape index (κ1) is 14.9. The first-order valence-corrected chi connectivity index (χ1v) is 7.05. The monoisotopic (exact) mass is 277 g/mol.